The number of carboxylic acid groups (broad SMARTS) is 1. The van der Waals surface area contributed by atoms with Crippen molar-refractivity contribution in [3.63, 3.8) is 0 Å². The Balaban J connectivity index is 1.91. The van der Waals surface area contributed by atoms with Crippen LogP contribution in [0.25, 0.3) is 4.91 Å². The van der Waals surface area contributed by atoms with Crippen molar-refractivity contribution in [2.75, 3.05) is 13.1 Å². The number of rotatable bonds is 2. The molecular formula is C16H17ClN2O4S. The Morgan fingerprint density at radius 1 is 1.25 bits per heavy atom. The number of carboxylic acids is 1. The zero-order valence-electron chi connectivity index (χ0n) is 13.1. The smallest absolute Gasteiger partial charge is 0.306 e. The molecular weight excluding hydrogens is 352 g/mol. The van der Waals surface area contributed by atoms with Crippen LogP contribution in [0.15, 0.2) is 34.2 Å². The van der Waals surface area contributed by atoms with Crippen molar-refractivity contribution in [1.82, 2.24) is 4.90 Å². The molecule has 128 valence electrons. The van der Waals surface area contributed by atoms with Crippen molar-refractivity contribution in [2.24, 2.45) is 10.3 Å². The van der Waals surface area contributed by atoms with E-state index in [4.69, 9.17) is 16.7 Å². The first-order valence-electron chi connectivity index (χ1n) is 7.59. The van der Waals surface area contributed by atoms with Crippen LogP contribution < -0.4 is 0 Å². The molecule has 1 fully saturated rings. The zero-order chi connectivity index (χ0) is 17.5. The molecule has 6 nitrogen and oxygen atoms in total. The second kappa shape index (κ2) is 6.22. The average molecular weight is 369 g/mol. The third kappa shape index (κ3) is 3.06. The number of hydrogen-bond donors (Lipinski definition) is 1. The van der Waals surface area contributed by atoms with E-state index in [2.05, 4.69) is 4.40 Å². The normalized spacial score (nSPS) is 21.1. The van der Waals surface area contributed by atoms with Crippen LogP contribution in [0.2, 0.25) is 5.02 Å². The maximum Gasteiger partial charge on any atom is 0.306 e. The summed E-state index contributed by atoms with van der Waals surface area (Å²) in [6, 6.07) is 6.60. The maximum absolute atomic E-state index is 12.5. The van der Waals surface area contributed by atoms with Crippen LogP contribution >= 0.6 is 11.6 Å². The summed E-state index contributed by atoms with van der Waals surface area (Å²) in [4.78, 5) is 13.1. The summed E-state index contributed by atoms with van der Waals surface area (Å²) >= 11 is 5.87. The molecule has 8 heteroatoms. The fourth-order valence-electron chi connectivity index (χ4n) is 3.12. The van der Waals surface area contributed by atoms with Crippen LogP contribution in [-0.4, -0.2) is 43.3 Å². The highest BCUT2D eigenvalue weighted by Gasteiger charge is 2.35. The number of benzene rings is 1. The lowest BCUT2D eigenvalue weighted by Gasteiger charge is -2.31. The first-order valence-corrected chi connectivity index (χ1v) is 9.41. The molecule has 2 heterocycles. The van der Waals surface area contributed by atoms with E-state index < -0.39 is 16.0 Å². The van der Waals surface area contributed by atoms with Gasteiger partial charge in [-0.25, -0.2) is 0 Å². The maximum atomic E-state index is 12.5. The predicted octanol–water partition coefficient (Wildman–Crippen LogP) is 2.61. The summed E-state index contributed by atoms with van der Waals surface area (Å²) in [5, 5.41) is 9.61. The minimum atomic E-state index is -3.76. The van der Waals surface area contributed by atoms with Gasteiger partial charge in [-0.05, 0) is 37.5 Å². The zero-order valence-corrected chi connectivity index (χ0v) is 14.6. The SMILES string of the molecule is CC1=C(c2ccc(Cl)cc2)S(=O)(=O)N=C1N1CCC(C(=O)O)CC1. The van der Waals surface area contributed by atoms with Gasteiger partial charge in [0.2, 0.25) is 0 Å². The van der Waals surface area contributed by atoms with Crippen LogP contribution in [0.1, 0.15) is 25.3 Å². The number of likely N-dealkylation sites (tertiary alicyclic amines) is 1. The third-order valence-electron chi connectivity index (χ3n) is 4.39. The standard InChI is InChI=1S/C16H17ClN2O4S/c1-10-14(11-2-4-13(17)5-3-11)24(22,23)18-15(10)19-8-6-12(7-9-19)16(20)21/h2-5,12H,6-9H2,1H3,(H,20,21). The summed E-state index contributed by atoms with van der Waals surface area (Å²) < 4.78 is 28.9. The van der Waals surface area contributed by atoms with E-state index in [0.29, 0.717) is 47.9 Å². The second-order valence-corrected chi connectivity index (χ2v) is 7.93. The third-order valence-corrected chi connectivity index (χ3v) is 6.11. The molecule has 0 unspecified atom stereocenters. The molecule has 1 N–H and O–H groups in total. The first-order chi connectivity index (χ1) is 11.3. The molecule has 0 saturated carbocycles. The van der Waals surface area contributed by atoms with Gasteiger partial charge in [0, 0.05) is 23.7 Å². The van der Waals surface area contributed by atoms with Gasteiger partial charge < -0.3 is 10.0 Å². The van der Waals surface area contributed by atoms with Gasteiger partial charge in [-0.2, -0.15) is 8.42 Å². The van der Waals surface area contributed by atoms with E-state index in [9.17, 15) is 13.2 Å². The molecule has 1 saturated heterocycles. The van der Waals surface area contributed by atoms with Crippen molar-refractivity contribution in [2.45, 2.75) is 19.8 Å². The lowest BCUT2D eigenvalue weighted by atomic mass is 9.96. The number of aliphatic carboxylic acids is 1. The quantitative estimate of drug-likeness (QED) is 0.867. The molecule has 1 aromatic rings. The number of halogens is 1. The Hall–Kier alpha value is -1.86. The summed E-state index contributed by atoms with van der Waals surface area (Å²) in [6.45, 7) is 2.70. The highest BCUT2D eigenvalue weighted by molar-refractivity contribution is 8.00. The van der Waals surface area contributed by atoms with Crippen molar-refractivity contribution < 1.29 is 18.3 Å². The van der Waals surface area contributed by atoms with Gasteiger partial charge in [0.25, 0.3) is 10.0 Å². The summed E-state index contributed by atoms with van der Waals surface area (Å²) in [7, 11) is -3.76. The minimum absolute atomic E-state index is 0.189. The number of hydrogen-bond acceptors (Lipinski definition) is 4. The Bertz CT molecular complexity index is 835. The van der Waals surface area contributed by atoms with Gasteiger partial charge in [-0.15, -0.1) is 4.40 Å². The lowest BCUT2D eigenvalue weighted by Crippen LogP contribution is -2.40. The number of amidine groups is 1. The van der Waals surface area contributed by atoms with Gasteiger partial charge in [-0.1, -0.05) is 23.7 Å². The molecule has 0 radical (unpaired) electrons. The van der Waals surface area contributed by atoms with Crippen molar-refractivity contribution in [3.05, 3.63) is 40.4 Å². The van der Waals surface area contributed by atoms with Crippen molar-refractivity contribution in [1.29, 1.82) is 0 Å². The van der Waals surface area contributed by atoms with Gasteiger partial charge in [0.15, 0.2) is 0 Å². The topological polar surface area (TPSA) is 87.0 Å². The van der Waals surface area contributed by atoms with E-state index in [1.807, 2.05) is 4.90 Å². The fraction of sp³-hybridized carbons (Fsp3) is 0.375. The summed E-state index contributed by atoms with van der Waals surface area (Å²) in [5.74, 6) is -0.756. The van der Waals surface area contributed by atoms with E-state index in [1.54, 1.807) is 31.2 Å². The fourth-order valence-corrected chi connectivity index (χ4v) is 4.73. The van der Waals surface area contributed by atoms with Crippen LogP contribution in [0.3, 0.4) is 0 Å². The van der Waals surface area contributed by atoms with E-state index in [-0.39, 0.29) is 10.8 Å². The highest BCUT2D eigenvalue weighted by atomic mass is 35.5. The molecule has 1 aromatic carbocycles. The Morgan fingerprint density at radius 3 is 2.38 bits per heavy atom. The first kappa shape index (κ1) is 17.0. The van der Waals surface area contributed by atoms with Gasteiger partial charge >= 0.3 is 5.97 Å². The monoisotopic (exact) mass is 368 g/mol. The molecule has 2 aliphatic heterocycles. The van der Waals surface area contributed by atoms with Gasteiger partial charge in [0.1, 0.15) is 10.7 Å². The summed E-state index contributed by atoms with van der Waals surface area (Å²) in [5.41, 5.74) is 1.14. The number of piperidine rings is 1. The highest BCUT2D eigenvalue weighted by Crippen LogP contribution is 2.35. The van der Waals surface area contributed by atoms with E-state index in [0.717, 1.165) is 0 Å². The molecule has 0 aliphatic carbocycles. The molecule has 0 bridgehead atoms. The largest absolute Gasteiger partial charge is 0.481 e. The van der Waals surface area contributed by atoms with Crippen LogP contribution in [0.5, 0.6) is 0 Å². The van der Waals surface area contributed by atoms with Crippen LogP contribution in [0, 0.1) is 5.92 Å². The minimum Gasteiger partial charge on any atom is -0.481 e. The van der Waals surface area contributed by atoms with E-state index in [1.165, 1.54) is 0 Å². The molecule has 0 spiro atoms. The molecule has 3 rings (SSSR count). The van der Waals surface area contributed by atoms with Gasteiger partial charge in [0.05, 0.1) is 5.92 Å². The van der Waals surface area contributed by atoms with Crippen molar-refractivity contribution in [3.8, 4) is 0 Å². The van der Waals surface area contributed by atoms with Crippen molar-refractivity contribution >= 4 is 38.3 Å². The predicted molar refractivity (Wildman–Crippen MR) is 92.3 cm³/mol. The average Bonchev–Trinajstić information content (AvgIpc) is 2.78. The second-order valence-electron chi connectivity index (χ2n) is 5.95. The van der Waals surface area contributed by atoms with Gasteiger partial charge in [-0.3, -0.25) is 4.79 Å². The number of carbonyl (C=O) groups is 1. The number of nitrogens with zero attached hydrogens (tertiary/aromatic N) is 2. The Morgan fingerprint density at radius 2 is 1.83 bits per heavy atom. The summed E-state index contributed by atoms with van der Waals surface area (Å²) in [6.07, 6.45) is 0.968. The molecule has 2 aliphatic rings. The van der Waals surface area contributed by atoms with Crippen LogP contribution in [0.4, 0.5) is 0 Å². The lowest BCUT2D eigenvalue weighted by molar-refractivity contribution is -0.143. The molecule has 0 atom stereocenters. The molecule has 24 heavy (non-hydrogen) atoms. The Kier molecular flexibility index (Phi) is 4.40. The Labute approximate surface area is 145 Å². The molecule has 0 amide bonds. The molecule has 0 aromatic heterocycles. The van der Waals surface area contributed by atoms with Crippen LogP contribution in [-0.2, 0) is 14.8 Å². The van der Waals surface area contributed by atoms with E-state index >= 15 is 0 Å². The number of sulfonamides is 1.